The molecular weight excluding hydrogens is 524 g/mol. The largest absolute Gasteiger partial charge is 0.497 e. The maximum Gasteiger partial charge on any atom is 0.418 e. The molecule has 1 saturated heterocycles. The summed E-state index contributed by atoms with van der Waals surface area (Å²) in [5.74, 6) is -2.04. The number of hydrogen-bond donors (Lipinski definition) is 2. The molecule has 39 heavy (non-hydrogen) atoms. The van der Waals surface area contributed by atoms with E-state index in [4.69, 9.17) is 9.47 Å². The molecule has 204 valence electrons. The number of rotatable bonds is 8. The van der Waals surface area contributed by atoms with Gasteiger partial charge in [0.25, 0.3) is 5.91 Å². The lowest BCUT2D eigenvalue weighted by atomic mass is 9.87. The van der Waals surface area contributed by atoms with Crippen molar-refractivity contribution < 1.29 is 36.6 Å². The Balaban J connectivity index is 1.44. The number of ether oxygens (including phenoxy) is 2. The highest BCUT2D eigenvalue weighted by atomic mass is 19.4. The van der Waals surface area contributed by atoms with Crippen molar-refractivity contribution in [3.05, 3.63) is 71.8 Å². The molecule has 14 heteroatoms. The summed E-state index contributed by atoms with van der Waals surface area (Å²) in [6.45, 7) is -0.110. The molecule has 1 aliphatic rings. The Bertz CT molecular complexity index is 1380. The molecule has 0 unspecified atom stereocenters. The first-order valence-corrected chi connectivity index (χ1v) is 11.5. The fraction of sp³-hybridized carbons (Fsp3) is 0.280. The van der Waals surface area contributed by atoms with Crippen LogP contribution in [0.15, 0.2) is 54.2 Å². The molecule has 4 rings (SSSR count). The lowest BCUT2D eigenvalue weighted by Gasteiger charge is -2.21. The first kappa shape index (κ1) is 27.6. The smallest absolute Gasteiger partial charge is 0.418 e. The number of alkyl halides is 3. The van der Waals surface area contributed by atoms with Crippen molar-refractivity contribution in [1.29, 1.82) is 0 Å². The van der Waals surface area contributed by atoms with E-state index in [2.05, 4.69) is 30.6 Å². The van der Waals surface area contributed by atoms with Gasteiger partial charge < -0.3 is 20.1 Å². The third kappa shape index (κ3) is 6.52. The van der Waals surface area contributed by atoms with Crippen molar-refractivity contribution in [3.63, 3.8) is 0 Å². The third-order valence-corrected chi connectivity index (χ3v) is 5.89. The Kier molecular flexibility index (Phi) is 8.14. The second-order valence-electron chi connectivity index (χ2n) is 8.52. The third-order valence-electron chi connectivity index (χ3n) is 5.89. The predicted octanol–water partition coefficient (Wildman–Crippen LogP) is 3.72. The van der Waals surface area contributed by atoms with Crippen LogP contribution in [0.5, 0.6) is 5.75 Å². The van der Waals surface area contributed by atoms with Crippen molar-refractivity contribution in [2.75, 3.05) is 25.6 Å². The van der Waals surface area contributed by atoms with Crippen molar-refractivity contribution in [1.82, 2.24) is 20.3 Å². The van der Waals surface area contributed by atoms with Gasteiger partial charge in [0.2, 0.25) is 5.91 Å². The second-order valence-corrected chi connectivity index (χ2v) is 8.52. The van der Waals surface area contributed by atoms with Gasteiger partial charge in [0, 0.05) is 31.3 Å². The lowest BCUT2D eigenvalue weighted by Crippen LogP contribution is -2.43. The summed E-state index contributed by atoms with van der Waals surface area (Å²) in [4.78, 5) is 40.6. The van der Waals surface area contributed by atoms with Crippen molar-refractivity contribution in [3.8, 4) is 5.75 Å². The number of nitrogens with zero attached hydrogens (tertiary/aromatic N) is 4. The van der Waals surface area contributed by atoms with Gasteiger partial charge in [0.1, 0.15) is 23.3 Å². The SMILES string of the molecule is COc1ccc(Nc2cnc(CNC(=O)[C@]3(C=NC(=O)c4cncnc4)CCOC3)c(F)c2)c(C(F)(F)F)c1. The molecule has 1 atom stereocenters. The van der Waals surface area contributed by atoms with Gasteiger partial charge in [-0.3, -0.25) is 14.6 Å². The first-order valence-electron chi connectivity index (χ1n) is 11.5. The number of methoxy groups -OCH3 is 1. The van der Waals surface area contributed by atoms with Crippen LogP contribution in [-0.2, 0) is 22.3 Å². The number of aromatic nitrogens is 3. The molecule has 0 saturated carbocycles. The lowest BCUT2D eigenvalue weighted by molar-refractivity contribution is -0.137. The fourth-order valence-corrected chi connectivity index (χ4v) is 3.74. The van der Waals surface area contributed by atoms with Crippen molar-refractivity contribution >= 4 is 29.4 Å². The molecule has 0 bridgehead atoms. The van der Waals surface area contributed by atoms with Crippen LogP contribution >= 0.6 is 0 Å². The number of aliphatic imine (C=N–C) groups is 1. The van der Waals surface area contributed by atoms with Crippen LogP contribution in [0.4, 0.5) is 28.9 Å². The van der Waals surface area contributed by atoms with Crippen LogP contribution in [0, 0.1) is 11.2 Å². The minimum absolute atomic E-state index is 0.0113. The highest BCUT2D eigenvalue weighted by Crippen LogP contribution is 2.38. The van der Waals surface area contributed by atoms with E-state index in [1.54, 1.807) is 0 Å². The molecule has 0 aliphatic carbocycles. The summed E-state index contributed by atoms with van der Waals surface area (Å²) in [6.07, 6.45) is 1.74. The number of anilines is 2. The van der Waals surface area contributed by atoms with Gasteiger partial charge in [0.05, 0.1) is 54.7 Å². The number of nitrogens with one attached hydrogen (secondary N) is 2. The van der Waals surface area contributed by atoms with Crippen LogP contribution in [-0.4, -0.2) is 53.3 Å². The average molecular weight is 546 g/mol. The Morgan fingerprint density at radius 3 is 2.62 bits per heavy atom. The number of carbonyl (C=O) groups excluding carboxylic acids is 2. The Labute approximate surface area is 219 Å². The number of carbonyl (C=O) groups is 2. The van der Waals surface area contributed by atoms with Crippen molar-refractivity contribution in [2.24, 2.45) is 10.4 Å². The standard InChI is InChI=1S/C25H22F4N6O4/c1-38-17-2-3-20(18(7-17)25(27,28)29)35-16-6-19(26)21(32-10-16)11-33-23(37)24(4-5-39-13-24)12-34-22(36)15-8-30-14-31-9-15/h2-3,6-10,12,14,35H,4-5,11,13H2,1H3,(H,33,37)/t24-/m0/s1. The summed E-state index contributed by atoms with van der Waals surface area (Å²) in [5, 5.41) is 5.08. The number of amides is 2. The summed E-state index contributed by atoms with van der Waals surface area (Å²) in [5.41, 5.74) is -2.61. The Morgan fingerprint density at radius 1 is 1.21 bits per heavy atom. The monoisotopic (exact) mass is 546 g/mol. The molecule has 2 N–H and O–H groups in total. The van der Waals surface area contributed by atoms with Crippen LogP contribution in [0.1, 0.15) is 28.0 Å². The molecular formula is C25H22F4N6O4. The molecule has 3 aromatic rings. The average Bonchev–Trinajstić information content (AvgIpc) is 3.41. The molecule has 0 radical (unpaired) electrons. The molecule has 3 heterocycles. The van der Waals surface area contributed by atoms with Gasteiger partial charge in [-0.25, -0.2) is 19.4 Å². The van der Waals surface area contributed by atoms with Gasteiger partial charge in [-0.15, -0.1) is 0 Å². The molecule has 1 fully saturated rings. The topological polar surface area (TPSA) is 128 Å². The first-order chi connectivity index (χ1) is 18.6. The maximum absolute atomic E-state index is 14.8. The predicted molar refractivity (Wildman–Crippen MR) is 130 cm³/mol. The van der Waals surface area contributed by atoms with E-state index in [1.165, 1.54) is 38.1 Å². The molecule has 10 nitrogen and oxygen atoms in total. The van der Waals surface area contributed by atoms with Crippen LogP contribution in [0.2, 0.25) is 0 Å². The van der Waals surface area contributed by atoms with E-state index in [-0.39, 0.29) is 54.6 Å². The summed E-state index contributed by atoms with van der Waals surface area (Å²) < 4.78 is 65.4. The van der Waals surface area contributed by atoms with E-state index in [1.807, 2.05) is 0 Å². The number of benzene rings is 1. The molecule has 1 aliphatic heterocycles. The minimum atomic E-state index is -4.68. The maximum atomic E-state index is 14.8. The fourth-order valence-electron chi connectivity index (χ4n) is 3.74. The van der Waals surface area contributed by atoms with E-state index < -0.39 is 34.8 Å². The highest BCUT2D eigenvalue weighted by Gasteiger charge is 2.41. The molecule has 1 aromatic carbocycles. The Morgan fingerprint density at radius 2 is 1.97 bits per heavy atom. The minimum Gasteiger partial charge on any atom is -0.497 e. The normalized spacial score (nSPS) is 17.3. The van der Waals surface area contributed by atoms with Crippen LogP contribution in [0.3, 0.4) is 0 Å². The van der Waals surface area contributed by atoms with Gasteiger partial charge in [-0.1, -0.05) is 0 Å². The van der Waals surface area contributed by atoms with Gasteiger partial charge in [-0.05, 0) is 24.6 Å². The van der Waals surface area contributed by atoms with E-state index in [9.17, 15) is 27.2 Å². The van der Waals surface area contributed by atoms with Crippen LogP contribution < -0.4 is 15.4 Å². The molecule has 0 spiro atoms. The zero-order valence-electron chi connectivity index (χ0n) is 20.5. The van der Waals surface area contributed by atoms with Crippen molar-refractivity contribution in [2.45, 2.75) is 19.1 Å². The molecule has 2 amide bonds. The number of pyridine rings is 1. The number of halogens is 4. The Hall–Kier alpha value is -4.46. The quantitative estimate of drug-likeness (QED) is 0.323. The number of hydrogen-bond acceptors (Lipinski definition) is 8. The van der Waals surface area contributed by atoms with Gasteiger partial charge in [-0.2, -0.15) is 13.2 Å². The summed E-state index contributed by atoms with van der Waals surface area (Å²) >= 11 is 0. The zero-order valence-corrected chi connectivity index (χ0v) is 20.5. The van der Waals surface area contributed by atoms with E-state index >= 15 is 0 Å². The second kappa shape index (κ2) is 11.5. The summed E-state index contributed by atoms with van der Waals surface area (Å²) in [7, 11) is 1.24. The van der Waals surface area contributed by atoms with Gasteiger partial charge in [0.15, 0.2) is 0 Å². The van der Waals surface area contributed by atoms with E-state index in [0.29, 0.717) is 0 Å². The highest BCUT2D eigenvalue weighted by molar-refractivity contribution is 6.05. The molecule has 2 aromatic heterocycles. The van der Waals surface area contributed by atoms with Gasteiger partial charge >= 0.3 is 6.18 Å². The van der Waals surface area contributed by atoms with Crippen LogP contribution in [0.25, 0.3) is 0 Å². The van der Waals surface area contributed by atoms with E-state index in [0.717, 1.165) is 24.4 Å². The summed E-state index contributed by atoms with van der Waals surface area (Å²) in [6, 6.07) is 4.28. The zero-order chi connectivity index (χ0) is 28.0.